The number of H-pyrrole nitrogens is 4. The molecule has 0 amide bonds. The zero-order valence-corrected chi connectivity index (χ0v) is 80.1. The van der Waals surface area contributed by atoms with Crippen LogP contribution >= 0.6 is 0 Å². The van der Waals surface area contributed by atoms with Crippen molar-refractivity contribution in [3.63, 3.8) is 0 Å². The smallest absolute Gasteiger partial charge is 0.846 e. The average Bonchev–Trinajstić information content (AvgIpc) is 0.757. The first-order chi connectivity index (χ1) is 47.7. The zero-order valence-electron chi connectivity index (χ0n) is 57.6. The number of fused-ring (bicyclic) bond motifs is 4. The molecule has 2 aromatic heterocycles. The quantitative estimate of drug-likeness (QED) is 0.0238. The first-order valence-electron chi connectivity index (χ1n) is 27.1. The predicted octanol–water partition coefficient (Wildman–Crippen LogP) is -25.7. The molecule has 111 heavy (non-hydrogen) atoms. The maximum Gasteiger partial charge on any atom is 1.00 e. The van der Waals surface area contributed by atoms with Crippen molar-refractivity contribution in [3.05, 3.63) is 169 Å². The molecule has 58 heteroatoms. The van der Waals surface area contributed by atoms with Gasteiger partial charge in [-0.25, -0.2) is 80.4 Å². The maximum atomic E-state index is 14.4. The second-order valence-electron chi connectivity index (χ2n) is 20.9. The van der Waals surface area contributed by atoms with Crippen LogP contribution in [0.2, 0.25) is 0 Å². The van der Waals surface area contributed by atoms with Gasteiger partial charge in [0.15, 0.2) is 0 Å². The number of aromatic amines is 4. The standard InChI is InChI=1S/C53H38N14O28S8.8Na/c68-44-40-23(17-38(100(84,85)86)42(44)66-64-32-12-10-28-30(46(32)102(90,91)92)6-2-8-36(28)98(78,79)80)15-26(96(72,73)74)19-34(40)56-50-58-48(60-52(70)62-50)54-21-22-4-1-5-25(14-22)55-49-59-51(63-53(71)61-49)57-35-20-27(97(75,76)77)16-24-18-39(101(87,88)89)43(45(69)41(24)35)67-65-33-13-11-29-31(47(33)103(93,94)95)7-3-9-37(29)99(81,82)83;;;;;;;;/h1-20,64-65H,21H2,(H,72,73,74)(H,75,76,77)(H,78,79,80)(H,81,82,83)(H,84,85,86)(H,87,88,89)(H,90,91,92)(H,93,94,95)(H3,54,56,58,60,62,70)(H3,55,57,59,61,63,71);;;;;;;;/q;8*+1/p-8/b66-42+,67-43+;;;;;;;;. The Hall–Kier alpha value is -3.08. The second kappa shape index (κ2) is 38.8. The van der Waals surface area contributed by atoms with E-state index in [1.807, 2.05) is 10.9 Å². The number of aromatic nitrogens is 6. The number of hydrogen-bond donors (Lipinski definition) is 8. The largest absolute Gasteiger partial charge is 1.00 e. The van der Waals surface area contributed by atoms with Gasteiger partial charge in [0, 0.05) is 21.5 Å². The Morgan fingerprint density at radius 2 is 0.793 bits per heavy atom. The van der Waals surface area contributed by atoms with E-state index >= 15 is 0 Å². The number of carbonyl (C=O) groups is 2. The van der Waals surface area contributed by atoms with Gasteiger partial charge in [0.2, 0.25) is 34.0 Å². The van der Waals surface area contributed by atoms with Crippen molar-refractivity contribution in [1.82, 2.24) is 29.9 Å². The van der Waals surface area contributed by atoms with Crippen molar-refractivity contribution >= 4 is 166 Å². The minimum absolute atomic E-state index is 0. The van der Waals surface area contributed by atoms with E-state index in [4.69, 9.17) is 0 Å². The molecule has 0 saturated carbocycles. The van der Waals surface area contributed by atoms with Crippen LogP contribution in [0.4, 0.5) is 28.4 Å². The van der Waals surface area contributed by atoms with Crippen molar-refractivity contribution in [1.29, 1.82) is 0 Å². The second-order valence-corrected chi connectivity index (χ2v) is 31.8. The number of nitrogens with one attached hydrogen (secondary N) is 6. The third-order valence-corrected chi connectivity index (χ3v) is 21.2. The normalized spacial score (nSPS) is 14.6. The maximum absolute atomic E-state index is 14.4. The van der Waals surface area contributed by atoms with Crippen LogP contribution in [0, 0.1) is 0 Å². The molecule has 2 aliphatic carbocycles. The minimum Gasteiger partial charge on any atom is -0.846 e. The van der Waals surface area contributed by atoms with E-state index in [1.165, 1.54) is 24.3 Å². The Bertz CT molecular complexity index is 6830. The number of hydrazone groups is 2. The predicted molar refractivity (Wildman–Crippen MR) is 335 cm³/mol. The van der Waals surface area contributed by atoms with E-state index in [1.54, 1.807) is 0 Å². The first kappa shape index (κ1) is 102. The number of Topliss-reactive ketones (excluding diaryl/α,β-unsaturated/α-hetero) is 2. The number of nitrogens with zero attached hydrogens (tertiary/aromatic N) is 8. The summed E-state index contributed by atoms with van der Waals surface area (Å²) in [6.45, 7) is -0.456. The van der Waals surface area contributed by atoms with Crippen LogP contribution in [0.1, 0.15) is 37.4 Å². The Morgan fingerprint density at radius 1 is 0.414 bits per heavy atom. The van der Waals surface area contributed by atoms with E-state index in [0.717, 1.165) is 60.7 Å². The molecule has 0 fully saturated rings. The molecule has 42 nitrogen and oxygen atoms in total. The third-order valence-electron chi connectivity index (χ3n) is 14.2. The number of anilines is 2. The molecule has 0 unspecified atom stereocenters. The van der Waals surface area contributed by atoms with Crippen LogP contribution in [-0.4, -0.2) is 157 Å². The molecule has 8 N–H and O–H groups in total. The Kier molecular flexibility index (Phi) is 35.7. The third kappa shape index (κ3) is 23.5. The van der Waals surface area contributed by atoms with E-state index in [9.17, 15) is 124 Å². The monoisotopic (exact) mass is 1750 g/mol. The number of rotatable bonds is 17. The number of ketones is 2. The molecule has 0 bridgehead atoms. The molecule has 2 aliphatic rings. The van der Waals surface area contributed by atoms with Gasteiger partial charge in [0.1, 0.15) is 81.9 Å². The first-order valence-corrected chi connectivity index (χ1v) is 38.4. The van der Waals surface area contributed by atoms with Gasteiger partial charge in [0.25, 0.3) is 20.2 Å². The summed E-state index contributed by atoms with van der Waals surface area (Å²) in [4.78, 5) is 52.0. The molecule has 0 saturated heterocycles. The number of carbonyl (C=O) groups excluding carboxylic acids is 2. The summed E-state index contributed by atoms with van der Waals surface area (Å²) >= 11 is 0. The van der Waals surface area contributed by atoms with Crippen LogP contribution in [0.15, 0.2) is 179 Å². The van der Waals surface area contributed by atoms with Crippen LogP contribution < -0.4 is 280 Å². The number of benzene rings is 7. The van der Waals surface area contributed by atoms with Crippen LogP contribution in [-0.2, 0) is 87.5 Å². The molecule has 0 aliphatic heterocycles. The minimum atomic E-state index is -5.88. The summed E-state index contributed by atoms with van der Waals surface area (Å²) < 4.78 is 294. The SMILES string of the molecule is O=C1/C(=N/Nc2ccc3c(S(=O)(=O)[O-])cccc3c2S(=O)(=O)O)C(S(=O)(=O)[O-])=Cc2cc(S(=O)(=O)[O-])cc(N=c3[nH]c([O-])nc(=NCc4cccc(N=c5nc([O-])[nH]c(=Nc6cc(S(=O)(=O)[O-])cc7c6C(=O)/C(=N/Nc6ccc8c(S(=O)(=O)[O-])cccc8c6S(=O)(=O)O)C(S(=O)(=O)[O-])=C7)[nH]5)c4)[nH]3)c21.[Na+].[Na+].[Na+].[Na+].[Na+].[Na+].[Na+].[Na+]. The fourth-order valence-corrected chi connectivity index (χ4v) is 15.6. The molecule has 9 aromatic rings. The summed E-state index contributed by atoms with van der Waals surface area (Å²) in [5.41, 5.74) is -8.03. The van der Waals surface area contributed by atoms with Crippen LogP contribution in [0.25, 0.3) is 33.7 Å². The van der Waals surface area contributed by atoms with Gasteiger partial charge in [0.05, 0.1) is 87.5 Å². The van der Waals surface area contributed by atoms with Crippen LogP contribution in [0.5, 0.6) is 12.0 Å². The van der Waals surface area contributed by atoms with E-state index < -0.39 is 251 Å². The zero-order chi connectivity index (χ0) is 75.2. The van der Waals surface area contributed by atoms with Gasteiger partial charge < -0.3 is 47.5 Å². The molecule has 2 heterocycles. The molecule has 0 spiro atoms. The Balaban J connectivity index is 0.00000399. The topological polar surface area (TPSA) is 719 Å². The van der Waals surface area contributed by atoms with E-state index in [2.05, 4.69) is 60.1 Å². The molecule has 0 atom stereocenters. The molecule has 536 valence electrons. The average molecular weight is 1750 g/mol. The van der Waals surface area contributed by atoms with Gasteiger partial charge in [-0.3, -0.25) is 39.5 Å². The summed E-state index contributed by atoms with van der Waals surface area (Å²) in [5, 5.41) is 31.0. The van der Waals surface area contributed by atoms with E-state index in [-0.39, 0.29) is 248 Å². The Morgan fingerprint density at radius 3 is 1.16 bits per heavy atom. The van der Waals surface area contributed by atoms with Gasteiger partial charge >= 0.3 is 236 Å². The van der Waals surface area contributed by atoms with Crippen molar-refractivity contribution in [2.45, 2.75) is 35.9 Å². The van der Waals surface area contributed by atoms with E-state index in [0.29, 0.717) is 36.4 Å². The van der Waals surface area contributed by atoms with Gasteiger partial charge in [-0.1, -0.05) is 48.5 Å². The summed E-state index contributed by atoms with van der Waals surface area (Å²) in [6.07, 6.45) is 0.756. The fourth-order valence-electron chi connectivity index (χ4n) is 10.2. The van der Waals surface area contributed by atoms with Crippen LogP contribution in [0.3, 0.4) is 0 Å². The fraction of sp³-hybridized carbons (Fsp3) is 0.0189. The van der Waals surface area contributed by atoms with Gasteiger partial charge in [-0.2, -0.15) is 27.0 Å². The molecular formula is C53H30N14Na8O28S8. The van der Waals surface area contributed by atoms with Crippen molar-refractivity contribution < 1.29 is 360 Å². The summed E-state index contributed by atoms with van der Waals surface area (Å²) in [6, 6.07) is 13.2. The molecule has 11 rings (SSSR count). The Labute approximate surface area is 801 Å². The van der Waals surface area contributed by atoms with Crippen molar-refractivity contribution in [2.75, 3.05) is 10.9 Å². The van der Waals surface area contributed by atoms with Crippen molar-refractivity contribution in [2.24, 2.45) is 30.2 Å². The molecule has 0 radical (unpaired) electrons. The number of allylic oxidation sites excluding steroid dienone is 2. The summed E-state index contributed by atoms with van der Waals surface area (Å²) in [7, 11) is -44.4. The molecular weight excluding hydrogens is 1720 g/mol. The molecule has 7 aromatic carbocycles. The van der Waals surface area contributed by atoms with Crippen molar-refractivity contribution in [3.8, 4) is 12.0 Å². The summed E-state index contributed by atoms with van der Waals surface area (Å²) in [5.74, 6) is -3.25. The number of hydrogen-bond acceptors (Lipinski definition) is 36. The van der Waals surface area contributed by atoms with Gasteiger partial charge in [-0.15, -0.1) is 0 Å². The van der Waals surface area contributed by atoms with Gasteiger partial charge in [-0.05, 0) is 89.5 Å².